The zero-order chi connectivity index (χ0) is 20.6. The Labute approximate surface area is 177 Å². The quantitative estimate of drug-likeness (QED) is 0.306. The summed E-state index contributed by atoms with van der Waals surface area (Å²) in [7, 11) is 0. The van der Waals surface area contributed by atoms with E-state index in [9.17, 15) is 0 Å². The normalized spacial score (nSPS) is 9.86. The summed E-state index contributed by atoms with van der Waals surface area (Å²) in [5.41, 5.74) is 3.07. The molecule has 1 nitrogen and oxygen atoms in total. The highest BCUT2D eigenvalue weighted by atomic mass is 16.5. The first-order valence-corrected chi connectivity index (χ1v) is 11.2. The van der Waals surface area contributed by atoms with Crippen molar-refractivity contribution in [2.45, 2.75) is 71.6 Å². The summed E-state index contributed by atoms with van der Waals surface area (Å²) >= 11 is 0. The lowest BCUT2D eigenvalue weighted by molar-refractivity contribution is 0.306. The molecule has 0 heterocycles. The molecule has 0 aliphatic carbocycles. The highest BCUT2D eigenvalue weighted by molar-refractivity contribution is 5.46. The topological polar surface area (TPSA) is 9.23 Å². The van der Waals surface area contributed by atoms with Crippen molar-refractivity contribution < 1.29 is 4.74 Å². The third kappa shape index (κ3) is 9.91. The van der Waals surface area contributed by atoms with E-state index in [0.29, 0.717) is 0 Å². The highest BCUT2D eigenvalue weighted by Crippen LogP contribution is 2.12. The van der Waals surface area contributed by atoms with E-state index in [1.54, 1.807) is 0 Å². The van der Waals surface area contributed by atoms with Crippen molar-refractivity contribution in [2.75, 3.05) is 6.61 Å². The van der Waals surface area contributed by atoms with Crippen molar-refractivity contribution in [1.82, 2.24) is 0 Å². The van der Waals surface area contributed by atoms with E-state index in [4.69, 9.17) is 4.74 Å². The molecular weight excluding hydrogens is 352 g/mol. The molecule has 2 aromatic rings. The first-order valence-electron chi connectivity index (χ1n) is 11.2. The molecule has 0 aromatic heterocycles. The van der Waals surface area contributed by atoms with E-state index in [1.807, 2.05) is 36.4 Å². The fraction of sp³-hybridized carbons (Fsp3) is 0.429. The van der Waals surface area contributed by atoms with Crippen LogP contribution in [0.25, 0.3) is 0 Å². The average Bonchev–Trinajstić information content (AvgIpc) is 2.76. The van der Waals surface area contributed by atoms with Crippen LogP contribution in [0.3, 0.4) is 0 Å². The number of ether oxygens (including phenoxy) is 1. The molecule has 0 bridgehead atoms. The molecule has 0 saturated heterocycles. The van der Waals surface area contributed by atoms with Gasteiger partial charge in [-0.2, -0.15) is 0 Å². The molecule has 0 atom stereocenters. The van der Waals surface area contributed by atoms with Crippen molar-refractivity contribution in [1.29, 1.82) is 0 Å². The second kappa shape index (κ2) is 14.4. The predicted molar refractivity (Wildman–Crippen MR) is 124 cm³/mol. The molecule has 0 saturated carbocycles. The van der Waals surface area contributed by atoms with Crippen molar-refractivity contribution in [3.8, 4) is 29.4 Å². The van der Waals surface area contributed by atoms with Gasteiger partial charge in [-0.25, -0.2) is 0 Å². The first kappa shape index (κ1) is 22.6. The smallest absolute Gasteiger partial charge is 0.119 e. The maximum atomic E-state index is 5.74. The van der Waals surface area contributed by atoms with Crippen molar-refractivity contribution in [3.63, 3.8) is 0 Å². The van der Waals surface area contributed by atoms with E-state index in [2.05, 4.69) is 49.7 Å². The summed E-state index contributed by atoms with van der Waals surface area (Å²) in [5, 5.41) is 0. The van der Waals surface area contributed by atoms with Crippen LogP contribution in [0.15, 0.2) is 48.5 Å². The van der Waals surface area contributed by atoms with Crippen LogP contribution in [0.1, 0.15) is 88.3 Å². The minimum Gasteiger partial charge on any atom is -0.494 e. The van der Waals surface area contributed by atoms with Gasteiger partial charge in [0.1, 0.15) is 5.75 Å². The highest BCUT2D eigenvalue weighted by Gasteiger charge is 1.94. The number of unbranched alkanes of at least 4 members (excludes halogenated alkanes) is 7. The molecular formula is C28H34O. The van der Waals surface area contributed by atoms with Crippen LogP contribution >= 0.6 is 0 Å². The standard InChI is InChI=1S/C28H34O/c1-3-5-7-8-9-10-11-13-25-14-16-26(17-15-25)18-19-27-20-22-28(23-21-27)29-24-12-6-4-2/h14-17,20-23H,3-10,12,24H2,1-2H3. The third-order valence-corrected chi connectivity index (χ3v) is 4.75. The van der Waals surface area contributed by atoms with Crippen LogP contribution in [0.4, 0.5) is 0 Å². The van der Waals surface area contributed by atoms with Crippen LogP contribution in [-0.2, 0) is 0 Å². The first-order chi connectivity index (χ1) is 14.3. The second-order valence-corrected chi connectivity index (χ2v) is 7.37. The molecule has 1 heteroatoms. The van der Waals surface area contributed by atoms with Crippen molar-refractivity contribution in [2.24, 2.45) is 0 Å². The van der Waals surface area contributed by atoms with Crippen LogP contribution < -0.4 is 4.74 Å². The van der Waals surface area contributed by atoms with Gasteiger partial charge in [-0.05, 0) is 61.4 Å². The van der Waals surface area contributed by atoms with Gasteiger partial charge in [0.2, 0.25) is 0 Å². The van der Waals surface area contributed by atoms with Gasteiger partial charge >= 0.3 is 0 Å². The SMILES string of the molecule is CCCCCCCC#Cc1ccc(C#Cc2ccc(OCCCCC)cc2)cc1. The lowest BCUT2D eigenvalue weighted by Gasteiger charge is -2.05. The van der Waals surface area contributed by atoms with Gasteiger partial charge in [0.05, 0.1) is 6.61 Å². The Morgan fingerprint density at radius 1 is 0.586 bits per heavy atom. The average molecular weight is 387 g/mol. The predicted octanol–water partition coefficient (Wildman–Crippen LogP) is 7.37. The Morgan fingerprint density at radius 3 is 1.72 bits per heavy atom. The summed E-state index contributed by atoms with van der Waals surface area (Å²) in [6, 6.07) is 16.2. The zero-order valence-electron chi connectivity index (χ0n) is 18.1. The third-order valence-electron chi connectivity index (χ3n) is 4.75. The Bertz CT molecular complexity index is 807. The van der Waals surface area contributed by atoms with Crippen LogP contribution in [0.5, 0.6) is 5.75 Å². The molecule has 0 aliphatic rings. The summed E-state index contributed by atoms with van der Waals surface area (Å²) < 4.78 is 5.74. The van der Waals surface area contributed by atoms with Crippen molar-refractivity contribution >= 4 is 0 Å². The van der Waals surface area contributed by atoms with Crippen LogP contribution in [0.2, 0.25) is 0 Å². The minimum absolute atomic E-state index is 0.785. The summed E-state index contributed by atoms with van der Waals surface area (Å²) in [5.74, 6) is 13.9. The molecule has 0 N–H and O–H groups in total. The molecule has 0 amide bonds. The molecule has 29 heavy (non-hydrogen) atoms. The molecule has 0 fully saturated rings. The molecule has 0 aliphatic heterocycles. The molecule has 2 rings (SSSR count). The van der Waals surface area contributed by atoms with Gasteiger partial charge in [0.25, 0.3) is 0 Å². The van der Waals surface area contributed by atoms with E-state index >= 15 is 0 Å². The van der Waals surface area contributed by atoms with E-state index in [-0.39, 0.29) is 0 Å². The zero-order valence-corrected chi connectivity index (χ0v) is 18.1. The second-order valence-electron chi connectivity index (χ2n) is 7.37. The molecule has 0 radical (unpaired) electrons. The number of hydrogen-bond donors (Lipinski definition) is 0. The van der Waals surface area contributed by atoms with Gasteiger partial charge in [-0.15, -0.1) is 0 Å². The maximum Gasteiger partial charge on any atom is 0.119 e. The molecule has 2 aromatic carbocycles. The monoisotopic (exact) mass is 386 g/mol. The summed E-state index contributed by atoms with van der Waals surface area (Å²) in [6.07, 6.45) is 11.0. The number of rotatable bonds is 10. The Balaban J connectivity index is 1.79. The van der Waals surface area contributed by atoms with Crippen LogP contribution in [0, 0.1) is 23.7 Å². The summed E-state index contributed by atoms with van der Waals surface area (Å²) in [6.45, 7) is 5.23. The Morgan fingerprint density at radius 2 is 1.10 bits per heavy atom. The Hall–Kier alpha value is -2.64. The van der Waals surface area contributed by atoms with Gasteiger partial charge in [0, 0.05) is 23.1 Å². The Kier molecular flexibility index (Phi) is 11.2. The largest absolute Gasteiger partial charge is 0.494 e. The van der Waals surface area contributed by atoms with Gasteiger partial charge in [-0.3, -0.25) is 0 Å². The molecule has 0 spiro atoms. The lowest BCUT2D eigenvalue weighted by Crippen LogP contribution is -1.96. The van der Waals surface area contributed by atoms with E-state index in [1.165, 1.54) is 44.9 Å². The van der Waals surface area contributed by atoms with E-state index in [0.717, 1.165) is 41.9 Å². The minimum atomic E-state index is 0.785. The molecule has 0 unspecified atom stereocenters. The van der Waals surface area contributed by atoms with Crippen molar-refractivity contribution in [3.05, 3.63) is 65.2 Å². The molecule has 152 valence electrons. The fourth-order valence-electron chi connectivity index (χ4n) is 2.94. The van der Waals surface area contributed by atoms with E-state index < -0.39 is 0 Å². The number of benzene rings is 2. The van der Waals surface area contributed by atoms with Gasteiger partial charge in [0.15, 0.2) is 0 Å². The summed E-state index contributed by atoms with van der Waals surface area (Å²) in [4.78, 5) is 0. The number of hydrogen-bond acceptors (Lipinski definition) is 1. The maximum absolute atomic E-state index is 5.74. The van der Waals surface area contributed by atoms with Gasteiger partial charge in [-0.1, -0.05) is 76.1 Å². The van der Waals surface area contributed by atoms with Crippen LogP contribution in [-0.4, -0.2) is 6.61 Å². The van der Waals surface area contributed by atoms with Gasteiger partial charge < -0.3 is 4.74 Å². The fourth-order valence-corrected chi connectivity index (χ4v) is 2.94. The lowest BCUT2D eigenvalue weighted by atomic mass is 10.1.